The molecule has 1 unspecified atom stereocenters. The molecule has 7 atom stereocenters. The Morgan fingerprint density at radius 2 is 1.62 bits per heavy atom. The largest absolute Gasteiger partial charge is 0.493 e. The first kappa shape index (κ1) is 63.8. The van der Waals surface area contributed by atoms with Gasteiger partial charge in [-0.05, 0) is 99.4 Å². The number of hydrogen-bond acceptors (Lipinski definition) is 21. The van der Waals surface area contributed by atoms with Crippen molar-refractivity contribution >= 4 is 80.1 Å². The van der Waals surface area contributed by atoms with Gasteiger partial charge in [0.05, 0.1) is 67.0 Å². The Balaban J connectivity index is 0.926. The first-order valence-electron chi connectivity index (χ1n) is 27.3. The first-order chi connectivity index (χ1) is 41.1. The Hall–Kier alpha value is -8.23. The molecule has 86 heavy (non-hydrogen) atoms. The van der Waals surface area contributed by atoms with Crippen molar-refractivity contribution in [1.82, 2.24) is 25.0 Å². The van der Waals surface area contributed by atoms with E-state index in [2.05, 4.69) is 32.7 Å². The average molecular weight is 1220 g/mol. The van der Waals surface area contributed by atoms with E-state index < -0.39 is 73.5 Å². The number of aliphatic hydroxyl groups excluding tert-OH is 4. The number of anilines is 3. The van der Waals surface area contributed by atoms with E-state index in [-0.39, 0.29) is 116 Å². The van der Waals surface area contributed by atoms with Gasteiger partial charge in [0.25, 0.3) is 23.6 Å². The third-order valence-corrected chi connectivity index (χ3v) is 15.2. The molecule has 28 nitrogen and oxygen atoms in total. The van der Waals surface area contributed by atoms with E-state index in [1.165, 1.54) is 53.7 Å². The summed E-state index contributed by atoms with van der Waals surface area (Å²) >= 11 is 1.27. The first-order valence-corrected chi connectivity index (χ1v) is 28.1. The number of aliphatic hydroxyl groups is 4. The van der Waals surface area contributed by atoms with Gasteiger partial charge < -0.3 is 94.4 Å². The summed E-state index contributed by atoms with van der Waals surface area (Å²) < 4.78 is 36.4. The quantitative estimate of drug-likeness (QED) is 0.0215. The predicted molar refractivity (Wildman–Crippen MR) is 309 cm³/mol. The van der Waals surface area contributed by atoms with Crippen molar-refractivity contribution in [2.45, 2.75) is 75.3 Å². The summed E-state index contributed by atoms with van der Waals surface area (Å²) in [6, 6.07) is 14.2. The molecule has 3 aliphatic rings. The molecule has 0 bridgehead atoms. The number of fused-ring (bicyclic) bond motifs is 3. The molecule has 3 aromatic carbocycles. The van der Waals surface area contributed by atoms with Crippen LogP contribution in [0, 0.1) is 0 Å². The number of hydrogen-bond donors (Lipinski definition) is 10. The lowest BCUT2D eigenvalue weighted by Gasteiger charge is -2.38. The smallest absolute Gasteiger partial charge is 0.416 e. The monoisotopic (exact) mass is 1220 g/mol. The summed E-state index contributed by atoms with van der Waals surface area (Å²) in [6.07, 6.45) is -9.97. The fraction of sp³-hybridized carbons (Fsp3) is 0.421. The summed E-state index contributed by atoms with van der Waals surface area (Å²) in [6.45, 7) is 4.99. The lowest BCUT2D eigenvalue weighted by Crippen LogP contribution is -2.61. The van der Waals surface area contributed by atoms with Crippen molar-refractivity contribution in [2.75, 3.05) is 89.3 Å². The minimum absolute atomic E-state index is 0.00331. The van der Waals surface area contributed by atoms with Crippen LogP contribution in [0.5, 0.6) is 17.2 Å². The maximum absolute atomic E-state index is 14.4. The molecule has 2 aromatic heterocycles. The van der Waals surface area contributed by atoms with Crippen LogP contribution >= 0.6 is 11.3 Å². The Morgan fingerprint density at radius 1 is 0.837 bits per heavy atom. The van der Waals surface area contributed by atoms with Crippen LogP contribution in [0.1, 0.15) is 72.1 Å². The molecule has 0 aliphatic carbocycles. The number of nitrogens with two attached hydrogens (primary N) is 1. The van der Waals surface area contributed by atoms with Gasteiger partial charge >= 0.3 is 12.1 Å². The predicted octanol–water partition coefficient (Wildman–Crippen LogP) is 2.13. The molecule has 0 spiro atoms. The zero-order valence-electron chi connectivity index (χ0n) is 47.5. The maximum atomic E-state index is 14.4. The van der Waals surface area contributed by atoms with Crippen LogP contribution in [0.15, 0.2) is 79.0 Å². The van der Waals surface area contributed by atoms with Crippen LogP contribution in [-0.2, 0) is 42.3 Å². The van der Waals surface area contributed by atoms with Crippen molar-refractivity contribution in [3.05, 3.63) is 106 Å². The van der Waals surface area contributed by atoms with Gasteiger partial charge in [0.15, 0.2) is 23.8 Å². The molecule has 11 N–H and O–H groups in total. The van der Waals surface area contributed by atoms with E-state index in [0.29, 0.717) is 34.1 Å². The van der Waals surface area contributed by atoms with E-state index in [1.54, 1.807) is 48.1 Å². The summed E-state index contributed by atoms with van der Waals surface area (Å²) in [5.41, 5.74) is 1.73. The Kier molecular flexibility index (Phi) is 21.3. The third kappa shape index (κ3) is 15.2. The Morgan fingerprint density at radius 3 is 2.36 bits per heavy atom. The molecular weight excluding hydrogens is 1150 g/mol. The maximum Gasteiger partial charge on any atom is 0.416 e. The van der Waals surface area contributed by atoms with Gasteiger partial charge in [-0.25, -0.2) is 20.4 Å². The molecule has 2 fully saturated rings. The Bertz CT molecular complexity index is 3330. The van der Waals surface area contributed by atoms with Gasteiger partial charge in [0, 0.05) is 55.8 Å². The highest BCUT2D eigenvalue weighted by Crippen LogP contribution is 2.42. The normalized spacial score (nSPS) is 20.0. The molecule has 0 radical (unpaired) electrons. The minimum Gasteiger partial charge on any atom is -0.493 e. The number of aryl methyl sites for hydroxylation is 1. The van der Waals surface area contributed by atoms with Gasteiger partial charge in [-0.2, -0.15) is 0 Å². The molecule has 2 saturated heterocycles. The van der Waals surface area contributed by atoms with Crippen LogP contribution < -0.4 is 46.3 Å². The number of rotatable bonds is 26. The highest BCUT2D eigenvalue weighted by Gasteiger charge is 2.49. The zero-order valence-corrected chi connectivity index (χ0v) is 48.3. The van der Waals surface area contributed by atoms with Crippen molar-refractivity contribution in [1.29, 1.82) is 0 Å². The summed E-state index contributed by atoms with van der Waals surface area (Å²) in [7, 11) is 6.99. The molecule has 462 valence electrons. The number of methoxy groups -OCH3 is 1. The van der Waals surface area contributed by atoms with E-state index in [0.717, 1.165) is 28.0 Å². The minimum atomic E-state index is -2.02. The second-order valence-electron chi connectivity index (χ2n) is 20.7. The molecule has 8 rings (SSSR count). The number of thiophene rings is 1. The van der Waals surface area contributed by atoms with Gasteiger partial charge in [-0.15, -0.1) is 11.3 Å². The fourth-order valence-corrected chi connectivity index (χ4v) is 10.7. The third-order valence-electron chi connectivity index (χ3n) is 14.1. The molecule has 29 heteroatoms. The lowest BCUT2D eigenvalue weighted by atomic mass is 9.99. The lowest BCUT2D eigenvalue weighted by molar-refractivity contribution is -0.271. The summed E-state index contributed by atoms with van der Waals surface area (Å²) in [5.74, 6) is 0.938. The van der Waals surface area contributed by atoms with Crippen LogP contribution in [0.4, 0.5) is 21.9 Å². The molecule has 3 aliphatic heterocycles. The number of amides is 6. The van der Waals surface area contributed by atoms with Gasteiger partial charge in [0.2, 0.25) is 12.2 Å². The van der Waals surface area contributed by atoms with Crippen molar-refractivity contribution < 1.29 is 92.4 Å². The van der Waals surface area contributed by atoms with Crippen LogP contribution in [-0.4, -0.2) is 198 Å². The van der Waals surface area contributed by atoms with E-state index >= 15 is 0 Å². The topological polar surface area (TPSA) is 374 Å². The molecular formula is C57H69N9O19S. The highest BCUT2D eigenvalue weighted by atomic mass is 32.1. The van der Waals surface area contributed by atoms with Crippen molar-refractivity contribution in [3.63, 3.8) is 0 Å². The fourth-order valence-electron chi connectivity index (χ4n) is 9.77. The molecule has 0 saturated carbocycles. The molecule has 5 heterocycles. The van der Waals surface area contributed by atoms with Crippen LogP contribution in [0.25, 0.3) is 10.1 Å². The molecule has 6 amide bonds. The zero-order chi connectivity index (χ0) is 61.9. The van der Waals surface area contributed by atoms with Gasteiger partial charge in [-0.1, -0.05) is 18.2 Å². The van der Waals surface area contributed by atoms with Crippen LogP contribution in [0.2, 0.25) is 0 Å². The number of aliphatic carboxylic acids is 1. The van der Waals surface area contributed by atoms with Crippen LogP contribution in [0.3, 0.4) is 0 Å². The van der Waals surface area contributed by atoms with Gasteiger partial charge in [0.1, 0.15) is 36.4 Å². The van der Waals surface area contributed by atoms with Crippen molar-refractivity contribution in [3.8, 4) is 17.2 Å². The van der Waals surface area contributed by atoms with Gasteiger partial charge in [-0.3, -0.25) is 24.0 Å². The second-order valence-corrected chi connectivity index (χ2v) is 21.8. The SMILES string of the molecule is C=C1C[C@H]2C(O)N(C(=O)OCc3ccc(O[C@@H]4O[C@H](C(=O)O)[C@@H](O)[C@H](O)[C@H]4O)c(C(=O)NCCOCCON)c3)c3cc(OCCCC(=O)Nc4ccc5sc(C(=O)Nc6cc(C(=O)NCCCN(C)C)n(C)c6)cc5c4)c(OC)cc3C(=O)N2C1. The highest BCUT2D eigenvalue weighted by molar-refractivity contribution is 7.20. The number of nitrogens with zero attached hydrogens (tertiary/aromatic N) is 4. The summed E-state index contributed by atoms with van der Waals surface area (Å²) in [4.78, 5) is 103. The van der Waals surface area contributed by atoms with E-state index in [9.17, 15) is 59.1 Å². The number of carboxylic acid groups (broad SMARTS) is 1. The van der Waals surface area contributed by atoms with Crippen molar-refractivity contribution in [2.24, 2.45) is 12.9 Å². The average Bonchev–Trinajstić information content (AvgIpc) is 1.77. The molecule has 5 aromatic rings. The number of nitrogens with one attached hydrogen (secondary N) is 4. The van der Waals surface area contributed by atoms with E-state index in [4.69, 9.17) is 34.3 Å². The number of carboxylic acids is 1. The summed E-state index contributed by atoms with van der Waals surface area (Å²) in [5, 5.41) is 64.9. The number of carbonyl (C=O) groups is 7. The number of carbonyl (C=O) groups excluding carboxylic acids is 6. The standard InChI is InChI=1S/C57H69N9O19S/c1-30-20-39-54(75)66(57(78)82-29-31-9-11-40(36(21-31)50(71)60-14-17-80-18-19-83-58)84-56-48(70)46(68)47(69)49(85-56)55(76)77)37-26-42(41(79-5)25-35(37)53(74)65(39)27-30)81-16-6-8-45(67)61-33-10-12-43-32(22-33)23-44(86-43)52(73)62-34-24-38(64(4)28-34)51(72)59-13-7-15-63(2)3/h9-12,21-26,28,39,46-49,54,56,68-70,75H,1,6-8,13-20,27,29,58H2,2-5H3,(H,59,72)(H,60,71)(H,61,67)(H,62,73)(H,76,77)/t39-,46-,47-,48+,49-,54?,56+/m0/s1. The number of benzene rings is 3. The second kappa shape index (κ2) is 28.8. The number of aromatic nitrogens is 1. The van der Waals surface area contributed by atoms with E-state index in [1.807, 2.05) is 19.0 Å². The Labute approximate surface area is 496 Å². The number of ether oxygens (including phenoxy) is 6.